The summed E-state index contributed by atoms with van der Waals surface area (Å²) in [5, 5.41) is 4.55. The smallest absolute Gasteiger partial charge is 0.120 e. The van der Waals surface area contributed by atoms with E-state index in [4.69, 9.17) is 16.3 Å². The Morgan fingerprint density at radius 3 is 2.71 bits per heavy atom. The third-order valence-corrected chi connectivity index (χ3v) is 6.03. The Morgan fingerprint density at radius 1 is 0.964 bits per heavy atom. The molecule has 1 heterocycles. The van der Waals surface area contributed by atoms with Gasteiger partial charge in [-0.25, -0.2) is 0 Å². The van der Waals surface area contributed by atoms with Crippen molar-refractivity contribution in [3.63, 3.8) is 0 Å². The molecule has 0 saturated heterocycles. The first-order valence-electron chi connectivity index (χ1n) is 9.77. The van der Waals surface area contributed by atoms with E-state index < -0.39 is 0 Å². The molecule has 2 aliphatic rings. The van der Waals surface area contributed by atoms with Gasteiger partial charge >= 0.3 is 0 Å². The van der Waals surface area contributed by atoms with Gasteiger partial charge in [0.25, 0.3) is 0 Å². The number of benzene rings is 3. The van der Waals surface area contributed by atoms with Gasteiger partial charge in [0.15, 0.2) is 0 Å². The molecule has 0 saturated carbocycles. The largest absolute Gasteiger partial charge is 0.489 e. The predicted octanol–water partition coefficient (Wildman–Crippen LogP) is 6.75. The van der Waals surface area contributed by atoms with Gasteiger partial charge in [0, 0.05) is 16.6 Å². The van der Waals surface area contributed by atoms with Gasteiger partial charge in [-0.2, -0.15) is 0 Å². The highest BCUT2D eigenvalue weighted by atomic mass is 35.5. The van der Waals surface area contributed by atoms with Crippen molar-refractivity contribution in [3.05, 3.63) is 107 Å². The van der Waals surface area contributed by atoms with E-state index in [1.165, 1.54) is 22.4 Å². The van der Waals surface area contributed by atoms with E-state index >= 15 is 0 Å². The van der Waals surface area contributed by atoms with Crippen molar-refractivity contribution in [1.82, 2.24) is 0 Å². The lowest BCUT2D eigenvalue weighted by molar-refractivity contribution is 0.305. The monoisotopic (exact) mass is 387 g/mol. The highest BCUT2D eigenvalue weighted by Gasteiger charge is 2.38. The van der Waals surface area contributed by atoms with Crippen molar-refractivity contribution in [3.8, 4) is 5.75 Å². The fraction of sp³-hybridized carbons (Fsp3) is 0.200. The zero-order valence-electron chi connectivity index (χ0n) is 15.5. The van der Waals surface area contributed by atoms with Crippen molar-refractivity contribution in [1.29, 1.82) is 0 Å². The normalized spacial score (nSPS) is 22.2. The van der Waals surface area contributed by atoms with Crippen LogP contribution in [-0.2, 0) is 6.61 Å². The van der Waals surface area contributed by atoms with Crippen LogP contribution in [0.3, 0.4) is 0 Å². The zero-order valence-corrected chi connectivity index (χ0v) is 16.3. The summed E-state index contributed by atoms with van der Waals surface area (Å²) in [6.45, 7) is 0.585. The van der Waals surface area contributed by atoms with E-state index in [2.05, 4.69) is 59.9 Å². The van der Waals surface area contributed by atoms with Crippen molar-refractivity contribution in [2.24, 2.45) is 5.92 Å². The lowest BCUT2D eigenvalue weighted by Gasteiger charge is -2.37. The van der Waals surface area contributed by atoms with Crippen molar-refractivity contribution in [2.75, 3.05) is 5.32 Å². The molecule has 0 spiro atoms. The Morgan fingerprint density at radius 2 is 1.86 bits per heavy atom. The van der Waals surface area contributed by atoms with Gasteiger partial charge in [0.05, 0.1) is 6.04 Å². The van der Waals surface area contributed by atoms with Gasteiger partial charge in [0.1, 0.15) is 12.4 Å². The average Bonchev–Trinajstić information content (AvgIpc) is 3.23. The highest BCUT2D eigenvalue weighted by Crippen LogP contribution is 2.50. The van der Waals surface area contributed by atoms with Gasteiger partial charge in [-0.15, -0.1) is 0 Å². The summed E-state index contributed by atoms with van der Waals surface area (Å²) in [4.78, 5) is 0. The molecule has 0 aromatic heterocycles. The maximum absolute atomic E-state index is 6.25. The SMILES string of the molecule is Clc1cccc(C2Nc3ccc(OCc4ccccc4)cc3C3C=CCC32)c1. The average molecular weight is 388 g/mol. The lowest BCUT2D eigenvalue weighted by Crippen LogP contribution is -2.29. The second-order valence-electron chi connectivity index (χ2n) is 7.55. The molecule has 140 valence electrons. The van der Waals surface area contributed by atoms with Crippen LogP contribution in [-0.4, -0.2) is 0 Å². The van der Waals surface area contributed by atoms with E-state index in [1.54, 1.807) is 0 Å². The molecule has 1 N–H and O–H groups in total. The van der Waals surface area contributed by atoms with Crippen LogP contribution in [0.25, 0.3) is 0 Å². The molecule has 28 heavy (non-hydrogen) atoms. The lowest BCUT2D eigenvalue weighted by atomic mass is 9.77. The van der Waals surface area contributed by atoms with Crippen molar-refractivity contribution >= 4 is 17.3 Å². The van der Waals surface area contributed by atoms with Crippen LogP contribution in [0.1, 0.15) is 35.1 Å². The van der Waals surface area contributed by atoms with E-state index in [-0.39, 0.29) is 6.04 Å². The first-order valence-corrected chi connectivity index (χ1v) is 10.1. The quantitative estimate of drug-likeness (QED) is 0.500. The summed E-state index contributed by atoms with van der Waals surface area (Å²) in [6, 6.07) is 25.2. The number of allylic oxidation sites excluding steroid dienone is 2. The van der Waals surface area contributed by atoms with Crippen molar-refractivity contribution < 1.29 is 4.74 Å². The number of fused-ring (bicyclic) bond motifs is 3. The molecule has 3 atom stereocenters. The fourth-order valence-electron chi connectivity index (χ4n) is 4.43. The Kier molecular flexibility index (Phi) is 4.58. The second kappa shape index (κ2) is 7.37. The molecule has 1 aliphatic carbocycles. The Hall–Kier alpha value is -2.71. The molecule has 0 radical (unpaired) electrons. The number of hydrogen-bond acceptors (Lipinski definition) is 2. The van der Waals surface area contributed by atoms with Crippen LogP contribution >= 0.6 is 11.6 Å². The zero-order chi connectivity index (χ0) is 18.9. The van der Waals surface area contributed by atoms with Gasteiger partial charge in [-0.1, -0.05) is 66.2 Å². The molecule has 1 aliphatic heterocycles. The molecule has 0 bridgehead atoms. The standard InChI is InChI=1S/C25H22ClNO/c26-19-9-4-8-18(14-19)25-22-11-5-10-21(22)23-15-20(12-13-24(23)27-25)28-16-17-6-2-1-3-7-17/h1-10,12-15,21-22,25,27H,11,16H2. The number of nitrogens with one attached hydrogen (secondary N) is 1. The first kappa shape index (κ1) is 17.4. The van der Waals surface area contributed by atoms with Gasteiger partial charge in [0.2, 0.25) is 0 Å². The van der Waals surface area contributed by atoms with Crippen LogP contribution in [0.5, 0.6) is 5.75 Å². The summed E-state index contributed by atoms with van der Waals surface area (Å²) in [5.41, 5.74) is 4.94. The van der Waals surface area contributed by atoms with Crippen molar-refractivity contribution in [2.45, 2.75) is 25.0 Å². The maximum Gasteiger partial charge on any atom is 0.120 e. The summed E-state index contributed by atoms with van der Waals surface area (Å²) in [7, 11) is 0. The number of rotatable bonds is 4. The maximum atomic E-state index is 6.25. The third-order valence-electron chi connectivity index (χ3n) is 5.79. The van der Waals surface area contributed by atoms with Crippen LogP contribution in [0.2, 0.25) is 5.02 Å². The van der Waals surface area contributed by atoms with Gasteiger partial charge in [-0.3, -0.25) is 0 Å². The van der Waals surface area contributed by atoms with Crippen LogP contribution < -0.4 is 10.1 Å². The van der Waals surface area contributed by atoms with E-state index in [9.17, 15) is 0 Å². The molecular formula is C25H22ClNO. The minimum Gasteiger partial charge on any atom is -0.489 e. The highest BCUT2D eigenvalue weighted by molar-refractivity contribution is 6.30. The molecular weight excluding hydrogens is 366 g/mol. The Balaban J connectivity index is 1.42. The van der Waals surface area contributed by atoms with E-state index in [0.717, 1.165) is 17.2 Å². The van der Waals surface area contributed by atoms with Gasteiger partial charge in [-0.05, 0) is 59.4 Å². The molecule has 0 amide bonds. The Bertz CT molecular complexity index is 1010. The van der Waals surface area contributed by atoms with E-state index in [1.807, 2.05) is 30.3 Å². The van der Waals surface area contributed by atoms with Gasteiger partial charge < -0.3 is 10.1 Å². The molecule has 0 fully saturated rings. The summed E-state index contributed by atoms with van der Waals surface area (Å²) in [5.74, 6) is 1.82. The predicted molar refractivity (Wildman–Crippen MR) is 115 cm³/mol. The molecule has 3 unspecified atom stereocenters. The third kappa shape index (κ3) is 3.29. The Labute approximate surface area is 170 Å². The minimum absolute atomic E-state index is 0.266. The molecule has 3 heteroatoms. The van der Waals surface area contributed by atoms with Crippen LogP contribution in [0, 0.1) is 5.92 Å². The molecule has 3 aromatic carbocycles. The molecule has 3 aromatic rings. The molecule has 5 rings (SSSR count). The summed E-state index contributed by atoms with van der Waals surface area (Å²) < 4.78 is 6.06. The summed E-state index contributed by atoms with van der Waals surface area (Å²) in [6.07, 6.45) is 5.73. The first-order chi connectivity index (χ1) is 13.8. The number of halogens is 1. The number of ether oxygens (including phenoxy) is 1. The molecule has 2 nitrogen and oxygen atoms in total. The summed E-state index contributed by atoms with van der Waals surface area (Å²) >= 11 is 6.25. The second-order valence-corrected chi connectivity index (χ2v) is 7.99. The number of anilines is 1. The number of hydrogen-bond donors (Lipinski definition) is 1. The van der Waals surface area contributed by atoms with Crippen LogP contribution in [0.15, 0.2) is 84.9 Å². The topological polar surface area (TPSA) is 21.3 Å². The fourth-order valence-corrected chi connectivity index (χ4v) is 4.63. The van der Waals surface area contributed by atoms with Crippen LogP contribution in [0.4, 0.5) is 5.69 Å². The van der Waals surface area contributed by atoms with E-state index in [0.29, 0.717) is 18.4 Å². The minimum atomic E-state index is 0.266.